The molecule has 0 heterocycles. The summed E-state index contributed by atoms with van der Waals surface area (Å²) in [5.41, 5.74) is 0.127. The predicted molar refractivity (Wildman–Crippen MR) is 124 cm³/mol. The molecular weight excluding hydrogens is 480 g/mol. The van der Waals surface area contributed by atoms with Crippen molar-refractivity contribution in [2.75, 3.05) is 23.7 Å². The van der Waals surface area contributed by atoms with Crippen LogP contribution >= 0.6 is 23.2 Å². The van der Waals surface area contributed by atoms with Crippen LogP contribution in [0, 0.1) is 5.82 Å². The molecule has 7 nitrogen and oxygen atoms in total. The first-order valence-electron chi connectivity index (χ1n) is 9.69. The van der Waals surface area contributed by atoms with Crippen molar-refractivity contribution in [2.24, 2.45) is 0 Å². The van der Waals surface area contributed by atoms with Crippen molar-refractivity contribution in [1.29, 1.82) is 0 Å². The summed E-state index contributed by atoms with van der Waals surface area (Å²) in [6.45, 7) is 2.70. The monoisotopic (exact) mass is 503 g/mol. The van der Waals surface area contributed by atoms with E-state index in [-0.39, 0.29) is 22.3 Å². The lowest BCUT2D eigenvalue weighted by Gasteiger charge is -2.31. The first-order valence-corrected chi connectivity index (χ1v) is 12.3. The zero-order valence-corrected chi connectivity index (χ0v) is 20.1. The summed E-state index contributed by atoms with van der Waals surface area (Å²) in [4.78, 5) is 27.0. The Hall–Kier alpha value is -2.36. The molecule has 32 heavy (non-hydrogen) atoms. The quantitative estimate of drug-likeness (QED) is 0.567. The van der Waals surface area contributed by atoms with Gasteiger partial charge in [0.25, 0.3) is 0 Å². The van der Waals surface area contributed by atoms with Gasteiger partial charge in [-0.15, -0.1) is 0 Å². The SMILES string of the molecule is CCNC(=O)[C@@H](C)N(Cc1c(Cl)cccc1Cl)C(=O)CN(c1ccccc1F)S(C)(=O)=O. The molecule has 2 aromatic rings. The van der Waals surface area contributed by atoms with Gasteiger partial charge >= 0.3 is 0 Å². The first kappa shape index (κ1) is 25.9. The van der Waals surface area contributed by atoms with Crippen LogP contribution in [0.3, 0.4) is 0 Å². The van der Waals surface area contributed by atoms with Crippen LogP contribution in [-0.2, 0) is 26.2 Å². The third kappa shape index (κ3) is 6.34. The van der Waals surface area contributed by atoms with Gasteiger partial charge in [0.15, 0.2) is 0 Å². The predicted octanol–water partition coefficient (Wildman–Crippen LogP) is 3.45. The fraction of sp³-hybridized carbons (Fsp3) is 0.333. The highest BCUT2D eigenvalue weighted by Crippen LogP contribution is 2.27. The Morgan fingerprint density at radius 2 is 1.69 bits per heavy atom. The molecule has 2 amide bonds. The number of para-hydroxylation sites is 1. The fourth-order valence-electron chi connectivity index (χ4n) is 3.01. The maximum Gasteiger partial charge on any atom is 0.244 e. The van der Waals surface area contributed by atoms with E-state index in [1.165, 1.54) is 25.1 Å². The number of likely N-dealkylation sites (N-methyl/N-ethyl adjacent to an activating group) is 1. The van der Waals surface area contributed by atoms with Crippen molar-refractivity contribution in [3.8, 4) is 0 Å². The maximum absolute atomic E-state index is 14.3. The summed E-state index contributed by atoms with van der Waals surface area (Å²) in [6, 6.07) is 9.05. The van der Waals surface area contributed by atoms with Crippen LogP contribution in [0.4, 0.5) is 10.1 Å². The van der Waals surface area contributed by atoms with Crippen LogP contribution in [0.2, 0.25) is 10.0 Å². The van der Waals surface area contributed by atoms with Crippen LogP contribution in [0.1, 0.15) is 19.4 Å². The van der Waals surface area contributed by atoms with E-state index in [0.717, 1.165) is 17.2 Å². The Morgan fingerprint density at radius 1 is 1.09 bits per heavy atom. The largest absolute Gasteiger partial charge is 0.355 e. The highest BCUT2D eigenvalue weighted by atomic mass is 35.5. The number of carbonyl (C=O) groups is 2. The molecule has 0 unspecified atom stereocenters. The molecule has 174 valence electrons. The number of halogens is 3. The molecule has 0 radical (unpaired) electrons. The molecule has 2 rings (SSSR count). The number of hydrogen-bond acceptors (Lipinski definition) is 4. The Bertz CT molecular complexity index is 1080. The number of carbonyl (C=O) groups excluding carboxylic acids is 2. The van der Waals surface area contributed by atoms with Crippen molar-refractivity contribution in [3.63, 3.8) is 0 Å². The van der Waals surface area contributed by atoms with E-state index in [1.807, 2.05) is 0 Å². The molecule has 2 aromatic carbocycles. The van der Waals surface area contributed by atoms with Gasteiger partial charge in [0, 0.05) is 28.7 Å². The highest BCUT2D eigenvalue weighted by molar-refractivity contribution is 7.92. The number of amides is 2. The highest BCUT2D eigenvalue weighted by Gasteiger charge is 2.31. The lowest BCUT2D eigenvalue weighted by Crippen LogP contribution is -2.51. The Morgan fingerprint density at radius 3 is 2.22 bits per heavy atom. The third-order valence-electron chi connectivity index (χ3n) is 4.71. The van der Waals surface area contributed by atoms with Gasteiger partial charge in [0.1, 0.15) is 18.4 Å². The van der Waals surface area contributed by atoms with Gasteiger partial charge in [-0.2, -0.15) is 0 Å². The van der Waals surface area contributed by atoms with Crippen LogP contribution in [0.5, 0.6) is 0 Å². The van der Waals surface area contributed by atoms with E-state index < -0.39 is 40.2 Å². The number of nitrogens with zero attached hydrogens (tertiary/aromatic N) is 2. The molecule has 0 saturated heterocycles. The van der Waals surface area contributed by atoms with Gasteiger partial charge in [-0.25, -0.2) is 12.8 Å². The summed E-state index contributed by atoms with van der Waals surface area (Å²) in [5, 5.41) is 3.20. The second kappa shape index (κ2) is 11.0. The minimum Gasteiger partial charge on any atom is -0.355 e. The number of benzene rings is 2. The Kier molecular flexibility index (Phi) is 8.89. The second-order valence-electron chi connectivity index (χ2n) is 7.01. The van der Waals surface area contributed by atoms with E-state index in [9.17, 15) is 22.4 Å². The maximum atomic E-state index is 14.3. The molecule has 0 fully saturated rings. The zero-order valence-electron chi connectivity index (χ0n) is 17.8. The summed E-state index contributed by atoms with van der Waals surface area (Å²) in [5.74, 6) is -1.97. The van der Waals surface area contributed by atoms with Crippen LogP contribution in [0.25, 0.3) is 0 Å². The normalized spacial score (nSPS) is 12.2. The number of hydrogen-bond donors (Lipinski definition) is 1. The summed E-state index contributed by atoms with van der Waals surface area (Å²) in [6.07, 6.45) is 0.870. The minimum absolute atomic E-state index is 0.148. The van der Waals surface area contributed by atoms with Gasteiger partial charge < -0.3 is 10.2 Å². The van der Waals surface area contributed by atoms with Crippen molar-refractivity contribution in [3.05, 3.63) is 63.9 Å². The van der Waals surface area contributed by atoms with Gasteiger partial charge in [-0.3, -0.25) is 13.9 Å². The number of anilines is 1. The fourth-order valence-corrected chi connectivity index (χ4v) is 4.37. The van der Waals surface area contributed by atoms with Gasteiger partial charge in [0.05, 0.1) is 11.9 Å². The molecule has 11 heteroatoms. The van der Waals surface area contributed by atoms with Crippen molar-refractivity contribution in [2.45, 2.75) is 26.4 Å². The summed E-state index contributed by atoms with van der Waals surface area (Å²) < 4.78 is 39.8. The standard InChI is InChI=1S/C21H24Cl2FN3O4S/c1-4-25-21(29)14(2)26(12-15-16(22)8-7-9-17(15)23)20(28)13-27(32(3,30)31)19-11-6-5-10-18(19)24/h5-11,14H,4,12-13H2,1-3H3,(H,25,29)/t14-/m1/s1. The van der Waals surface area contributed by atoms with E-state index in [1.54, 1.807) is 25.1 Å². The molecule has 0 bridgehead atoms. The van der Waals surface area contributed by atoms with E-state index in [0.29, 0.717) is 16.4 Å². The molecule has 0 saturated carbocycles. The van der Waals surface area contributed by atoms with Gasteiger partial charge in [-0.05, 0) is 38.1 Å². The van der Waals surface area contributed by atoms with Gasteiger partial charge in [-0.1, -0.05) is 41.4 Å². The second-order valence-corrected chi connectivity index (χ2v) is 9.73. The zero-order chi connectivity index (χ0) is 24.1. The Balaban J connectivity index is 2.46. The topological polar surface area (TPSA) is 86.8 Å². The minimum atomic E-state index is -4.02. The van der Waals surface area contributed by atoms with Crippen LogP contribution in [0.15, 0.2) is 42.5 Å². The van der Waals surface area contributed by atoms with E-state index in [4.69, 9.17) is 23.2 Å². The summed E-state index contributed by atoms with van der Waals surface area (Å²) in [7, 11) is -4.02. The average Bonchev–Trinajstić information content (AvgIpc) is 2.71. The van der Waals surface area contributed by atoms with Crippen molar-refractivity contribution < 1.29 is 22.4 Å². The molecule has 0 aliphatic heterocycles. The Labute approximate surface area is 197 Å². The molecule has 0 aromatic heterocycles. The lowest BCUT2D eigenvalue weighted by atomic mass is 10.1. The van der Waals surface area contributed by atoms with E-state index in [2.05, 4.69) is 5.32 Å². The smallest absolute Gasteiger partial charge is 0.244 e. The van der Waals surface area contributed by atoms with Gasteiger partial charge in [0.2, 0.25) is 21.8 Å². The molecule has 0 spiro atoms. The van der Waals surface area contributed by atoms with Crippen molar-refractivity contribution in [1.82, 2.24) is 10.2 Å². The van der Waals surface area contributed by atoms with Crippen LogP contribution in [-0.4, -0.2) is 50.5 Å². The van der Waals surface area contributed by atoms with Crippen molar-refractivity contribution >= 4 is 50.7 Å². The number of rotatable bonds is 9. The molecule has 0 aliphatic rings. The summed E-state index contributed by atoms with van der Waals surface area (Å²) >= 11 is 12.5. The van der Waals surface area contributed by atoms with E-state index >= 15 is 0 Å². The number of sulfonamides is 1. The lowest BCUT2D eigenvalue weighted by molar-refractivity contribution is -0.139. The molecule has 1 atom stereocenters. The molecule has 0 aliphatic carbocycles. The average molecular weight is 504 g/mol. The van der Waals surface area contributed by atoms with Crippen LogP contribution < -0.4 is 9.62 Å². The third-order valence-corrected chi connectivity index (χ3v) is 6.54. The molecular formula is C21H24Cl2FN3O4S. The number of nitrogens with one attached hydrogen (secondary N) is 1. The first-order chi connectivity index (χ1) is 15.0. The molecule has 1 N–H and O–H groups in total.